The number of aryl methyl sites for hydroxylation is 1. The van der Waals surface area contributed by atoms with Crippen LogP contribution >= 0.6 is 0 Å². The fourth-order valence-corrected chi connectivity index (χ4v) is 4.93. The summed E-state index contributed by atoms with van der Waals surface area (Å²) in [6, 6.07) is 7.98. The van der Waals surface area contributed by atoms with Gasteiger partial charge in [0.1, 0.15) is 12.4 Å². The highest BCUT2D eigenvalue weighted by Gasteiger charge is 2.28. The number of amides is 1. The number of aromatic nitrogens is 2. The van der Waals surface area contributed by atoms with E-state index in [1.54, 1.807) is 15.8 Å². The van der Waals surface area contributed by atoms with Crippen LogP contribution in [0, 0.1) is 5.92 Å². The largest absolute Gasteiger partial charge is 0.490 e. The first-order valence-electron chi connectivity index (χ1n) is 11.8. The molecule has 2 aliphatic carbocycles. The lowest BCUT2D eigenvalue weighted by Gasteiger charge is -2.27. The van der Waals surface area contributed by atoms with E-state index < -0.39 is 5.97 Å². The van der Waals surface area contributed by atoms with E-state index in [0.29, 0.717) is 6.42 Å². The van der Waals surface area contributed by atoms with E-state index in [-0.39, 0.29) is 30.8 Å². The quantitative estimate of drug-likeness (QED) is 0.655. The number of carboxylic acid groups (broad SMARTS) is 1. The number of ether oxygens (including phenoxy) is 2. The first-order valence-corrected chi connectivity index (χ1v) is 11.8. The minimum atomic E-state index is -0.738. The molecule has 1 aromatic heterocycles. The Hall–Kier alpha value is -3.03. The summed E-state index contributed by atoms with van der Waals surface area (Å²) in [5.74, 6) is -0.334. The molecule has 0 bridgehead atoms. The summed E-state index contributed by atoms with van der Waals surface area (Å²) in [5, 5.41) is 13.6. The number of hydrogen-bond donors (Lipinski definition) is 1. The number of rotatable bonds is 7. The summed E-state index contributed by atoms with van der Waals surface area (Å²) in [5.41, 5.74) is 2.69. The number of aliphatic carboxylic acids is 1. The smallest absolute Gasteiger partial charge is 0.410 e. The van der Waals surface area contributed by atoms with Crippen molar-refractivity contribution in [3.63, 3.8) is 0 Å². The summed E-state index contributed by atoms with van der Waals surface area (Å²) in [6.07, 6.45) is 8.81. The Kier molecular flexibility index (Phi) is 7.20. The van der Waals surface area contributed by atoms with Crippen LogP contribution in [0.15, 0.2) is 30.5 Å². The molecule has 2 atom stereocenters. The van der Waals surface area contributed by atoms with Crippen molar-refractivity contribution in [3.8, 4) is 16.9 Å². The Bertz CT molecular complexity index is 965. The van der Waals surface area contributed by atoms with Crippen LogP contribution in [-0.4, -0.2) is 51.0 Å². The lowest BCUT2D eigenvalue weighted by molar-refractivity contribution is -0.143. The van der Waals surface area contributed by atoms with Gasteiger partial charge in [-0.15, -0.1) is 0 Å². The summed E-state index contributed by atoms with van der Waals surface area (Å²) < 4.78 is 13.4. The number of hydrogen-bond acceptors (Lipinski definition) is 5. The lowest BCUT2D eigenvalue weighted by atomic mass is 9.87. The Morgan fingerprint density at radius 3 is 2.55 bits per heavy atom. The van der Waals surface area contributed by atoms with Crippen molar-refractivity contribution >= 4 is 12.1 Å². The van der Waals surface area contributed by atoms with Crippen LogP contribution in [0.2, 0.25) is 0 Å². The van der Waals surface area contributed by atoms with Gasteiger partial charge in [-0.2, -0.15) is 5.10 Å². The van der Waals surface area contributed by atoms with Crippen molar-refractivity contribution in [2.45, 2.75) is 70.1 Å². The SMILES string of the molecule is CN(C(=O)OCc1c(-c2ccc(O[C@H]3CCC[C@H](C(=O)O)C3)cc2)cnn1C)C1CCCC1. The second-order valence-electron chi connectivity index (χ2n) is 9.20. The van der Waals surface area contributed by atoms with E-state index >= 15 is 0 Å². The summed E-state index contributed by atoms with van der Waals surface area (Å²) in [7, 11) is 3.65. The fourth-order valence-electron chi connectivity index (χ4n) is 4.93. The zero-order chi connectivity index (χ0) is 23.4. The van der Waals surface area contributed by atoms with E-state index in [2.05, 4.69) is 5.10 Å². The summed E-state index contributed by atoms with van der Waals surface area (Å²) in [4.78, 5) is 25.5. The summed E-state index contributed by atoms with van der Waals surface area (Å²) in [6.45, 7) is 0.151. The van der Waals surface area contributed by atoms with Gasteiger partial charge in [0.15, 0.2) is 0 Å². The number of carbonyl (C=O) groups excluding carboxylic acids is 1. The normalized spacial score (nSPS) is 21.0. The number of carboxylic acids is 1. The van der Waals surface area contributed by atoms with Gasteiger partial charge < -0.3 is 19.5 Å². The van der Waals surface area contributed by atoms with E-state index in [0.717, 1.165) is 67.5 Å². The van der Waals surface area contributed by atoms with Gasteiger partial charge in [-0.3, -0.25) is 9.48 Å². The molecule has 2 saturated carbocycles. The van der Waals surface area contributed by atoms with Gasteiger partial charge in [0.2, 0.25) is 0 Å². The average molecular weight is 456 g/mol. The maximum Gasteiger partial charge on any atom is 0.410 e. The van der Waals surface area contributed by atoms with Crippen LogP contribution < -0.4 is 4.74 Å². The second kappa shape index (κ2) is 10.3. The molecule has 178 valence electrons. The highest BCUT2D eigenvalue weighted by molar-refractivity contribution is 5.70. The minimum Gasteiger partial charge on any atom is -0.490 e. The highest BCUT2D eigenvalue weighted by atomic mass is 16.6. The molecule has 8 nitrogen and oxygen atoms in total. The highest BCUT2D eigenvalue weighted by Crippen LogP contribution is 2.30. The van der Waals surface area contributed by atoms with Gasteiger partial charge >= 0.3 is 12.1 Å². The maximum absolute atomic E-state index is 12.5. The molecular weight excluding hydrogens is 422 g/mol. The first kappa shape index (κ1) is 23.1. The Balaban J connectivity index is 1.38. The van der Waals surface area contributed by atoms with Gasteiger partial charge in [-0.1, -0.05) is 25.0 Å². The zero-order valence-corrected chi connectivity index (χ0v) is 19.4. The molecule has 1 aromatic carbocycles. The van der Waals surface area contributed by atoms with Gasteiger partial charge in [-0.25, -0.2) is 4.79 Å². The first-order chi connectivity index (χ1) is 15.9. The van der Waals surface area contributed by atoms with E-state index in [9.17, 15) is 14.7 Å². The molecule has 0 saturated heterocycles. The van der Waals surface area contributed by atoms with Crippen LogP contribution in [0.4, 0.5) is 4.79 Å². The number of nitrogens with zero attached hydrogens (tertiary/aromatic N) is 3. The molecule has 4 rings (SSSR count). The third-order valence-electron chi connectivity index (χ3n) is 7.00. The van der Waals surface area contributed by atoms with Crippen LogP contribution in [0.5, 0.6) is 5.75 Å². The second-order valence-corrected chi connectivity index (χ2v) is 9.20. The molecule has 8 heteroatoms. The molecular formula is C25H33N3O5. The molecule has 0 aliphatic heterocycles. The summed E-state index contributed by atoms with van der Waals surface area (Å²) >= 11 is 0. The molecule has 33 heavy (non-hydrogen) atoms. The molecule has 0 unspecified atom stereocenters. The zero-order valence-electron chi connectivity index (χ0n) is 19.4. The van der Waals surface area contributed by atoms with Crippen molar-refractivity contribution in [3.05, 3.63) is 36.2 Å². The molecule has 2 fully saturated rings. The van der Waals surface area contributed by atoms with Crippen LogP contribution in [-0.2, 0) is 23.2 Å². The predicted molar refractivity (Wildman–Crippen MR) is 123 cm³/mol. The van der Waals surface area contributed by atoms with Crippen molar-refractivity contribution in [1.29, 1.82) is 0 Å². The Morgan fingerprint density at radius 2 is 1.85 bits per heavy atom. The minimum absolute atomic E-state index is 0.0732. The Morgan fingerprint density at radius 1 is 1.12 bits per heavy atom. The third kappa shape index (κ3) is 5.49. The van der Waals surface area contributed by atoms with Gasteiger partial charge in [-0.05, 0) is 56.2 Å². The van der Waals surface area contributed by atoms with Gasteiger partial charge in [0, 0.05) is 25.7 Å². The Labute approximate surface area is 194 Å². The van der Waals surface area contributed by atoms with Crippen LogP contribution in [0.1, 0.15) is 57.1 Å². The standard InChI is InChI=1S/C25H33N3O5/c1-27(19-7-3-4-8-19)25(31)32-16-23-22(15-26-28(23)2)17-10-12-20(13-11-17)33-21-9-5-6-18(14-21)24(29)30/h10-13,15,18-19,21H,3-9,14,16H2,1-2H3,(H,29,30)/t18-,21-/m0/s1. The van der Waals surface area contributed by atoms with E-state index in [1.807, 2.05) is 38.4 Å². The van der Waals surface area contributed by atoms with Gasteiger partial charge in [0.05, 0.1) is 23.9 Å². The molecule has 0 spiro atoms. The lowest BCUT2D eigenvalue weighted by Crippen LogP contribution is -2.35. The number of carbonyl (C=O) groups is 2. The van der Waals surface area contributed by atoms with Crippen molar-refractivity contribution in [2.75, 3.05) is 7.05 Å². The molecule has 0 radical (unpaired) electrons. The fraction of sp³-hybridized carbons (Fsp3) is 0.560. The molecule has 1 N–H and O–H groups in total. The molecule has 2 aromatic rings. The van der Waals surface area contributed by atoms with Crippen molar-refractivity contribution in [1.82, 2.24) is 14.7 Å². The molecule has 1 heterocycles. The van der Waals surface area contributed by atoms with Crippen molar-refractivity contribution < 1.29 is 24.2 Å². The van der Waals surface area contributed by atoms with Gasteiger partial charge in [0.25, 0.3) is 0 Å². The topological polar surface area (TPSA) is 93.9 Å². The average Bonchev–Trinajstić information content (AvgIpc) is 3.48. The van der Waals surface area contributed by atoms with Crippen LogP contribution in [0.25, 0.3) is 11.1 Å². The third-order valence-corrected chi connectivity index (χ3v) is 7.00. The van der Waals surface area contributed by atoms with E-state index in [1.165, 1.54) is 0 Å². The predicted octanol–water partition coefficient (Wildman–Crippen LogP) is 4.62. The molecule has 2 aliphatic rings. The molecule has 1 amide bonds. The van der Waals surface area contributed by atoms with Crippen LogP contribution in [0.3, 0.4) is 0 Å². The number of benzene rings is 1. The van der Waals surface area contributed by atoms with E-state index in [4.69, 9.17) is 9.47 Å². The monoisotopic (exact) mass is 455 g/mol. The van der Waals surface area contributed by atoms with Crippen molar-refractivity contribution in [2.24, 2.45) is 13.0 Å². The maximum atomic E-state index is 12.5.